The highest BCUT2D eigenvalue weighted by atomic mass is 32.9. The largest absolute Gasteiger partial charge is 0.374 e. The van der Waals surface area contributed by atoms with Crippen LogP contribution in [0.5, 0.6) is 0 Å². The van der Waals surface area contributed by atoms with Gasteiger partial charge in [-0.25, -0.2) is 0 Å². The average molecular weight is 1050 g/mol. The summed E-state index contributed by atoms with van der Waals surface area (Å²) < 4.78 is 7.41. The van der Waals surface area contributed by atoms with Crippen LogP contribution in [-0.4, -0.2) is 33.4 Å². The molecule has 2 aliphatic heterocycles. The van der Waals surface area contributed by atoms with E-state index in [0.29, 0.717) is 0 Å². The number of hydrogen-bond donors (Lipinski definition) is 0. The van der Waals surface area contributed by atoms with E-state index in [9.17, 15) is 0 Å². The van der Waals surface area contributed by atoms with Crippen LogP contribution in [0, 0.1) is 0 Å². The first-order chi connectivity index (χ1) is 33.0. The van der Waals surface area contributed by atoms with Crippen LogP contribution in [0.3, 0.4) is 0 Å². The smallest absolute Gasteiger partial charge is 0.353 e. The van der Waals surface area contributed by atoms with E-state index in [-0.39, 0.29) is 12.1 Å². The van der Waals surface area contributed by atoms with E-state index < -0.39 is 31.7 Å². The van der Waals surface area contributed by atoms with Crippen molar-refractivity contribution in [2.24, 2.45) is 0 Å². The van der Waals surface area contributed by atoms with E-state index in [4.69, 9.17) is 35.4 Å². The average Bonchev–Trinajstić information content (AvgIpc) is 3.38. The molecule has 0 N–H and O–H groups in total. The fourth-order valence-electron chi connectivity index (χ4n) is 10.3. The molecule has 8 aromatic carbocycles. The van der Waals surface area contributed by atoms with Gasteiger partial charge in [0.15, 0.2) is 0 Å². The molecule has 1 fully saturated rings. The molecule has 2 aliphatic rings. The Balaban J connectivity index is 1.44. The lowest BCUT2D eigenvalue weighted by Crippen LogP contribution is -2.85. The Labute approximate surface area is 424 Å². The van der Waals surface area contributed by atoms with E-state index in [2.05, 4.69) is 290 Å². The number of rotatable bonds is 13. The van der Waals surface area contributed by atoms with E-state index in [1.807, 2.05) is 0 Å². The van der Waals surface area contributed by atoms with Crippen LogP contribution >= 0.6 is 35.0 Å². The van der Waals surface area contributed by atoms with Gasteiger partial charge in [0.05, 0.1) is 5.06 Å². The summed E-state index contributed by atoms with van der Waals surface area (Å²) in [6.45, 7) is 9.62. The van der Waals surface area contributed by atoms with Crippen molar-refractivity contribution >= 4 is 125 Å². The molecular formula is C57H54N2P4S4Si. The predicted molar refractivity (Wildman–Crippen MR) is 318 cm³/mol. The highest BCUT2D eigenvalue weighted by Crippen LogP contribution is 2.84. The zero-order valence-corrected chi connectivity index (χ0v) is 46.4. The van der Waals surface area contributed by atoms with Crippen LogP contribution in [0.25, 0.3) is 0 Å². The summed E-state index contributed by atoms with van der Waals surface area (Å²) in [5.74, 6) is 1.22. The molecular weight excluding hydrogens is 993 g/mol. The van der Waals surface area contributed by atoms with Crippen LogP contribution in [0.15, 0.2) is 254 Å². The van der Waals surface area contributed by atoms with Gasteiger partial charge in [-0.15, -0.1) is 0 Å². The van der Waals surface area contributed by atoms with Gasteiger partial charge in [0.25, 0.3) is 0 Å². The molecule has 1 spiro atoms. The molecule has 0 aliphatic carbocycles. The fraction of sp³-hybridized carbons (Fsp3) is 0.105. The van der Waals surface area contributed by atoms with Gasteiger partial charge in [0.1, 0.15) is 5.82 Å². The maximum atomic E-state index is 7.77. The highest BCUT2D eigenvalue weighted by molar-refractivity contribution is 8.89. The highest BCUT2D eigenvalue weighted by Gasteiger charge is 2.76. The molecule has 68 heavy (non-hydrogen) atoms. The van der Waals surface area contributed by atoms with Gasteiger partial charge in [-0.2, -0.15) is 0 Å². The second-order valence-corrected chi connectivity index (χ2v) is 43.4. The molecule has 0 saturated carbocycles. The van der Waals surface area contributed by atoms with Crippen molar-refractivity contribution in [3.05, 3.63) is 254 Å². The number of benzene rings is 8. The van der Waals surface area contributed by atoms with Crippen molar-refractivity contribution in [1.82, 2.24) is 9.13 Å². The first-order valence-electron chi connectivity index (χ1n) is 23.1. The van der Waals surface area contributed by atoms with Crippen molar-refractivity contribution in [3.8, 4) is 0 Å². The maximum absolute atomic E-state index is 7.77. The summed E-state index contributed by atoms with van der Waals surface area (Å²) in [7, 11) is -0.826. The third-order valence-electron chi connectivity index (χ3n) is 13.0. The van der Waals surface area contributed by atoms with E-state index in [0.717, 1.165) is 21.2 Å². The van der Waals surface area contributed by atoms with Gasteiger partial charge in [0.2, 0.25) is 0 Å². The molecule has 0 aromatic heterocycles. The molecule has 340 valence electrons. The summed E-state index contributed by atoms with van der Waals surface area (Å²) in [5.41, 5.74) is 0. The lowest BCUT2D eigenvalue weighted by Gasteiger charge is -2.73. The molecule has 0 unspecified atom stereocenters. The van der Waals surface area contributed by atoms with Gasteiger partial charge < -0.3 is 9.13 Å². The quantitative estimate of drug-likeness (QED) is 0.0833. The first-order valence-corrected chi connectivity index (χ1v) is 37.4. The van der Waals surface area contributed by atoms with Crippen LogP contribution < -0.4 is 42.4 Å². The molecule has 1 saturated heterocycles. The van der Waals surface area contributed by atoms with Gasteiger partial charge in [-0.05, 0) is 70.1 Å². The van der Waals surface area contributed by atoms with Gasteiger partial charge in [0, 0.05) is 40.9 Å². The van der Waals surface area contributed by atoms with Crippen LogP contribution in [0.1, 0.15) is 27.7 Å². The topological polar surface area (TPSA) is 6.48 Å². The van der Waals surface area contributed by atoms with Crippen molar-refractivity contribution in [3.63, 3.8) is 0 Å². The van der Waals surface area contributed by atoms with E-state index in [1.165, 1.54) is 32.1 Å². The second-order valence-electron chi connectivity index (χ2n) is 17.7. The van der Waals surface area contributed by atoms with Crippen molar-refractivity contribution in [2.45, 2.75) is 39.8 Å². The van der Waals surface area contributed by atoms with Crippen molar-refractivity contribution < 1.29 is 0 Å². The minimum Gasteiger partial charge on any atom is -0.353 e. The van der Waals surface area contributed by atoms with E-state index in [1.54, 1.807) is 4.66 Å². The normalized spacial score (nSPS) is 17.0. The number of nitrogens with zero attached hydrogens (tertiary/aromatic N) is 2. The Kier molecular flexibility index (Phi) is 13.5. The van der Waals surface area contributed by atoms with Gasteiger partial charge >= 0.3 is 7.55 Å². The van der Waals surface area contributed by atoms with Crippen LogP contribution in [-0.2, 0) is 35.4 Å². The molecule has 0 amide bonds. The lowest BCUT2D eigenvalue weighted by molar-refractivity contribution is 0.211. The van der Waals surface area contributed by atoms with Crippen LogP contribution in [0.2, 0.25) is 0 Å². The Hall–Kier alpha value is -4.08. The SMILES string of the molecule is CC(C)N1C(=C(P(=S)(c2ccccc2)c2ccccc2)P(=S)(c2ccccc2)c2ccccc2)N(C(C)C)[Si]12SP(c1ccccc1)(c1ccccc1)=C2P(=S)(c1ccccc1)c1ccccc1. The van der Waals surface area contributed by atoms with Crippen molar-refractivity contribution in [2.75, 3.05) is 0 Å². The molecule has 2 nitrogen and oxygen atoms in total. The van der Waals surface area contributed by atoms with Crippen molar-refractivity contribution in [1.29, 1.82) is 0 Å². The Morgan fingerprint density at radius 3 is 0.912 bits per heavy atom. The predicted octanol–water partition coefficient (Wildman–Crippen LogP) is 11.9. The Morgan fingerprint density at radius 1 is 0.397 bits per heavy atom. The third kappa shape index (κ3) is 7.42. The van der Waals surface area contributed by atoms with Crippen LogP contribution in [0.4, 0.5) is 0 Å². The van der Waals surface area contributed by atoms with Gasteiger partial charge in [-0.1, -0.05) is 289 Å². The second kappa shape index (κ2) is 19.3. The summed E-state index contributed by atoms with van der Waals surface area (Å²) in [4.78, 5) is 0. The molecule has 0 atom stereocenters. The fourth-order valence-corrected chi connectivity index (χ4v) is 63.2. The molecule has 0 bridgehead atoms. The summed E-state index contributed by atoms with van der Waals surface area (Å²) in [5, 5.41) is 11.1. The Morgan fingerprint density at radius 2 is 0.647 bits per heavy atom. The zero-order chi connectivity index (χ0) is 47.2. The molecule has 8 aromatic rings. The standard InChI is InChI=1S/C57H54N2P4S4Si/c1-45(2)58-55(56(60(64,47-29-13-5-14-30-47)48-31-15-6-16-32-48)61(65,49-33-17-7-18-34-49)50-35-19-8-20-36-50)59(46(3)4)68(58)57(62(66,51-37-21-9-22-38-51)52-39-23-10-24-40-52)63(67-68,53-41-25-11-26-42-53)54-43-27-12-28-44-54/h5-46H,1-4H3. The summed E-state index contributed by atoms with van der Waals surface area (Å²) >= 11 is 23.2. The molecule has 10 rings (SSSR count). The minimum absolute atomic E-state index is 0.0814. The lowest BCUT2D eigenvalue weighted by atomic mass is 10.3. The van der Waals surface area contributed by atoms with Gasteiger partial charge in [-0.3, -0.25) is 0 Å². The summed E-state index contributed by atoms with van der Waals surface area (Å²) in [6.07, 6.45) is -2.45. The molecule has 0 radical (unpaired) electrons. The summed E-state index contributed by atoms with van der Waals surface area (Å²) in [6, 6.07) is 80.5. The minimum atomic E-state index is -3.11. The Bertz CT molecular complexity index is 3020. The van der Waals surface area contributed by atoms with E-state index >= 15 is 0 Å². The third-order valence-corrected chi connectivity index (χ3v) is 54.3. The maximum Gasteiger partial charge on any atom is 0.374 e. The first kappa shape index (κ1) is 47.6. The zero-order valence-electron chi connectivity index (χ0n) is 38.6. The molecule has 11 heteroatoms. The monoisotopic (exact) mass is 1050 g/mol. The number of hydrogen-bond acceptors (Lipinski definition) is 6. The molecule has 2 heterocycles.